The largest absolute Gasteiger partial charge is 0.392 e. The smallest absolute Gasteiger partial charge is 0.350 e. The van der Waals surface area contributed by atoms with E-state index in [1.54, 1.807) is 18.2 Å². The second-order valence-electron chi connectivity index (χ2n) is 7.39. The highest BCUT2D eigenvalue weighted by atomic mass is 35.5. The van der Waals surface area contributed by atoms with Gasteiger partial charge in [-0.3, -0.25) is 9.78 Å². The molecule has 0 aromatic carbocycles. The summed E-state index contributed by atoms with van der Waals surface area (Å²) in [5, 5.41) is 3.41. The second-order valence-corrected chi connectivity index (χ2v) is 8.20. The molecule has 2 unspecified atom stereocenters. The fourth-order valence-corrected chi connectivity index (χ4v) is 4.09. The molecule has 0 bridgehead atoms. The number of carbonyl (C=O) groups excluding carboxylic acids is 1. The summed E-state index contributed by atoms with van der Waals surface area (Å²) in [6, 6.07) is 4.80. The van der Waals surface area contributed by atoms with Crippen LogP contribution in [0.5, 0.6) is 0 Å². The van der Waals surface area contributed by atoms with Crippen molar-refractivity contribution in [2.75, 3.05) is 6.54 Å². The predicted molar refractivity (Wildman–Crippen MR) is 98.6 cm³/mol. The first-order valence-corrected chi connectivity index (χ1v) is 9.58. The number of carbonyl (C=O) groups is 1. The topological polar surface area (TPSA) is 54.9 Å². The monoisotopic (exact) mass is 429 g/mol. The van der Waals surface area contributed by atoms with Gasteiger partial charge in [0.1, 0.15) is 5.69 Å². The van der Waals surface area contributed by atoms with Gasteiger partial charge in [0.05, 0.1) is 21.7 Å². The van der Waals surface area contributed by atoms with Gasteiger partial charge < -0.3 is 5.32 Å². The second kappa shape index (κ2) is 6.88. The third kappa shape index (κ3) is 3.70. The third-order valence-corrected chi connectivity index (χ3v) is 6.01. The predicted octanol–water partition coefficient (Wildman–Crippen LogP) is 4.91. The molecule has 1 N–H and O–H groups in total. The van der Waals surface area contributed by atoms with Crippen molar-refractivity contribution in [2.45, 2.75) is 36.8 Å². The highest BCUT2D eigenvalue weighted by molar-refractivity contribution is 6.33. The summed E-state index contributed by atoms with van der Waals surface area (Å²) in [4.78, 5) is 20.7. The summed E-state index contributed by atoms with van der Waals surface area (Å²) in [7, 11) is 0. The maximum Gasteiger partial charge on any atom is 0.392 e. The Labute approximate surface area is 169 Å². The van der Waals surface area contributed by atoms with Crippen LogP contribution in [-0.2, 0) is 5.41 Å². The molecule has 2 aromatic heterocycles. The quantitative estimate of drug-likeness (QED) is 0.734. The van der Waals surface area contributed by atoms with E-state index >= 15 is 0 Å². The number of nitrogens with one attached hydrogen (secondary N) is 1. The molecule has 2 heterocycles. The Balaban J connectivity index is 1.45. The molecule has 9 heteroatoms. The van der Waals surface area contributed by atoms with Crippen LogP contribution in [0, 0.1) is 5.92 Å². The Bertz CT molecular complexity index is 931. The summed E-state index contributed by atoms with van der Waals surface area (Å²) in [6.07, 6.45) is 0.414. The molecule has 28 heavy (non-hydrogen) atoms. The SMILES string of the molecule is O=C(NCC1(c2ncc(C3CC3C(F)(F)F)cc2Cl)CC1)c1ncccc1Cl. The Morgan fingerprint density at radius 2 is 2.00 bits per heavy atom. The molecule has 4 rings (SSSR count). The minimum atomic E-state index is -4.19. The Hall–Kier alpha value is -1.86. The maximum atomic E-state index is 12.8. The molecule has 1 amide bonds. The van der Waals surface area contributed by atoms with E-state index in [0.717, 1.165) is 12.8 Å². The Morgan fingerprint density at radius 3 is 2.57 bits per heavy atom. The summed E-state index contributed by atoms with van der Waals surface area (Å²) in [5.41, 5.74) is 0.853. The number of hydrogen-bond donors (Lipinski definition) is 1. The van der Waals surface area contributed by atoms with Gasteiger partial charge in [-0.05, 0) is 48.9 Å². The van der Waals surface area contributed by atoms with Crippen molar-refractivity contribution in [3.05, 3.63) is 57.6 Å². The number of amides is 1. The Kier molecular flexibility index (Phi) is 4.78. The van der Waals surface area contributed by atoms with Gasteiger partial charge in [-0.15, -0.1) is 0 Å². The molecule has 4 nitrogen and oxygen atoms in total. The summed E-state index contributed by atoms with van der Waals surface area (Å²) < 4.78 is 38.4. The molecule has 0 saturated heterocycles. The van der Waals surface area contributed by atoms with Crippen molar-refractivity contribution in [1.82, 2.24) is 15.3 Å². The van der Waals surface area contributed by atoms with Gasteiger partial charge >= 0.3 is 6.18 Å². The van der Waals surface area contributed by atoms with E-state index in [4.69, 9.17) is 23.2 Å². The lowest BCUT2D eigenvalue weighted by molar-refractivity contribution is -0.148. The first-order chi connectivity index (χ1) is 13.2. The summed E-state index contributed by atoms with van der Waals surface area (Å²) in [5.74, 6) is -2.27. The molecule has 2 aromatic rings. The van der Waals surface area contributed by atoms with Crippen molar-refractivity contribution in [3.8, 4) is 0 Å². The maximum absolute atomic E-state index is 12.8. The molecule has 2 atom stereocenters. The first-order valence-electron chi connectivity index (χ1n) is 8.83. The molecule has 2 aliphatic rings. The summed E-state index contributed by atoms with van der Waals surface area (Å²) >= 11 is 12.3. The van der Waals surface area contributed by atoms with Gasteiger partial charge in [0.25, 0.3) is 5.91 Å². The molecule has 0 radical (unpaired) electrons. The molecule has 0 spiro atoms. The van der Waals surface area contributed by atoms with E-state index in [-0.39, 0.29) is 17.1 Å². The molecule has 0 aliphatic heterocycles. The standard InChI is InChI=1S/C19H16Cl2F3N3O/c20-13-2-1-5-25-15(13)17(28)27-9-18(3-4-18)16-14(21)6-10(8-26-16)11-7-12(11)19(22,23)24/h1-2,5-6,8,11-12H,3-4,7,9H2,(H,27,28). The lowest BCUT2D eigenvalue weighted by Crippen LogP contribution is -2.33. The molecular formula is C19H16Cl2F3N3O. The van der Waals surface area contributed by atoms with E-state index < -0.39 is 29.3 Å². The van der Waals surface area contributed by atoms with Gasteiger partial charge in [-0.2, -0.15) is 13.2 Å². The molecule has 2 fully saturated rings. The molecule has 2 aliphatic carbocycles. The lowest BCUT2D eigenvalue weighted by Gasteiger charge is -2.18. The summed E-state index contributed by atoms with van der Waals surface area (Å²) in [6.45, 7) is 0.305. The van der Waals surface area contributed by atoms with E-state index in [0.29, 0.717) is 22.8 Å². The van der Waals surface area contributed by atoms with Crippen LogP contribution in [0.15, 0.2) is 30.6 Å². The fraction of sp³-hybridized carbons (Fsp3) is 0.421. The first kappa shape index (κ1) is 19.5. The highest BCUT2D eigenvalue weighted by Crippen LogP contribution is 2.57. The number of halogens is 5. The minimum absolute atomic E-state index is 0.0763. The number of alkyl halides is 3. The van der Waals surface area contributed by atoms with Crippen LogP contribution in [-0.4, -0.2) is 28.6 Å². The average Bonchev–Trinajstić information content (AvgIpc) is 3.53. The highest BCUT2D eigenvalue weighted by Gasteiger charge is 2.56. The van der Waals surface area contributed by atoms with Gasteiger partial charge in [-0.1, -0.05) is 23.2 Å². The molecule has 2 saturated carbocycles. The van der Waals surface area contributed by atoms with Crippen molar-refractivity contribution in [2.24, 2.45) is 5.92 Å². The van der Waals surface area contributed by atoms with Crippen molar-refractivity contribution < 1.29 is 18.0 Å². The molecular weight excluding hydrogens is 414 g/mol. The lowest BCUT2D eigenvalue weighted by atomic mass is 10.00. The zero-order valence-electron chi connectivity index (χ0n) is 14.6. The van der Waals surface area contributed by atoms with Crippen molar-refractivity contribution in [3.63, 3.8) is 0 Å². The van der Waals surface area contributed by atoms with E-state index in [9.17, 15) is 18.0 Å². The van der Waals surface area contributed by atoms with Crippen LogP contribution in [0.2, 0.25) is 10.0 Å². The zero-order valence-corrected chi connectivity index (χ0v) is 16.1. The van der Waals surface area contributed by atoms with Crippen LogP contribution in [0.4, 0.5) is 13.2 Å². The number of rotatable bonds is 5. The number of aromatic nitrogens is 2. The van der Waals surface area contributed by atoms with Gasteiger partial charge in [0, 0.05) is 24.4 Å². The van der Waals surface area contributed by atoms with E-state index in [1.807, 2.05) is 0 Å². The number of pyridine rings is 2. The fourth-order valence-electron chi connectivity index (χ4n) is 3.51. The zero-order chi connectivity index (χ0) is 20.1. The number of hydrogen-bond acceptors (Lipinski definition) is 3. The molecule has 148 valence electrons. The van der Waals surface area contributed by atoms with Crippen LogP contribution in [0.1, 0.15) is 46.9 Å². The van der Waals surface area contributed by atoms with Gasteiger partial charge in [-0.25, -0.2) is 4.98 Å². The minimum Gasteiger partial charge on any atom is -0.350 e. The van der Waals surface area contributed by atoms with E-state index in [2.05, 4.69) is 15.3 Å². The van der Waals surface area contributed by atoms with E-state index in [1.165, 1.54) is 12.4 Å². The third-order valence-electron chi connectivity index (χ3n) is 5.42. The van der Waals surface area contributed by atoms with Crippen LogP contribution in [0.25, 0.3) is 0 Å². The van der Waals surface area contributed by atoms with Crippen molar-refractivity contribution >= 4 is 29.1 Å². The van der Waals surface area contributed by atoms with Crippen LogP contribution in [0.3, 0.4) is 0 Å². The Morgan fingerprint density at radius 1 is 1.25 bits per heavy atom. The van der Waals surface area contributed by atoms with Crippen LogP contribution < -0.4 is 5.32 Å². The van der Waals surface area contributed by atoms with Gasteiger partial charge in [0.2, 0.25) is 0 Å². The van der Waals surface area contributed by atoms with Crippen molar-refractivity contribution in [1.29, 1.82) is 0 Å². The van der Waals surface area contributed by atoms with Gasteiger partial charge in [0.15, 0.2) is 0 Å². The normalized spacial score (nSPS) is 22.6. The average molecular weight is 430 g/mol. The number of nitrogens with zero attached hydrogens (tertiary/aromatic N) is 2. The van der Waals surface area contributed by atoms with Crippen LogP contribution >= 0.6 is 23.2 Å².